The highest BCUT2D eigenvalue weighted by atomic mass is 16.5. The number of amides is 1. The molecule has 1 atom stereocenters. The van der Waals surface area contributed by atoms with E-state index in [-0.39, 0.29) is 17.6 Å². The Morgan fingerprint density at radius 3 is 2.47 bits per heavy atom. The summed E-state index contributed by atoms with van der Waals surface area (Å²) in [6.45, 7) is 4.99. The number of rotatable bonds is 7. The van der Waals surface area contributed by atoms with Gasteiger partial charge < -0.3 is 19.5 Å². The van der Waals surface area contributed by atoms with E-state index in [0.717, 1.165) is 12.0 Å². The lowest BCUT2D eigenvalue weighted by atomic mass is 9.73. The normalized spacial score (nSPS) is 16.4. The molecule has 160 valence electrons. The van der Waals surface area contributed by atoms with Crippen LogP contribution in [0.4, 0.5) is 5.69 Å². The maximum Gasteiger partial charge on any atom is 0.341 e. The number of hydrogen-bond donors (Lipinski definition) is 1. The molecule has 0 radical (unpaired) electrons. The van der Waals surface area contributed by atoms with Gasteiger partial charge in [-0.05, 0) is 49.9 Å². The second-order valence-corrected chi connectivity index (χ2v) is 7.55. The second-order valence-electron chi connectivity index (χ2n) is 7.55. The van der Waals surface area contributed by atoms with Gasteiger partial charge in [-0.25, -0.2) is 4.79 Å². The molecule has 6 nitrogen and oxygen atoms in total. The summed E-state index contributed by atoms with van der Waals surface area (Å²) in [5, 5.41) is 3.01. The van der Waals surface area contributed by atoms with Crippen molar-refractivity contribution in [1.29, 1.82) is 0 Å². The lowest BCUT2D eigenvalue weighted by molar-refractivity contribution is -0.125. The van der Waals surface area contributed by atoms with E-state index in [1.807, 2.05) is 44.2 Å². The van der Waals surface area contributed by atoms with Gasteiger partial charge in [-0.1, -0.05) is 37.3 Å². The summed E-state index contributed by atoms with van der Waals surface area (Å²) in [5.74, 6) is -0.172. The zero-order chi connectivity index (χ0) is 21.6. The third-order valence-corrected chi connectivity index (χ3v) is 5.65. The van der Waals surface area contributed by atoms with E-state index in [2.05, 4.69) is 5.32 Å². The van der Waals surface area contributed by atoms with Crippen LogP contribution in [0.15, 0.2) is 48.5 Å². The summed E-state index contributed by atoms with van der Waals surface area (Å²) >= 11 is 0. The van der Waals surface area contributed by atoms with Crippen LogP contribution in [-0.4, -0.2) is 38.3 Å². The third kappa shape index (κ3) is 4.65. The van der Waals surface area contributed by atoms with Crippen molar-refractivity contribution < 1.29 is 23.8 Å². The van der Waals surface area contributed by atoms with Gasteiger partial charge in [0.2, 0.25) is 5.91 Å². The van der Waals surface area contributed by atoms with Crippen LogP contribution in [0.25, 0.3) is 0 Å². The van der Waals surface area contributed by atoms with Gasteiger partial charge in [-0.15, -0.1) is 0 Å². The van der Waals surface area contributed by atoms with Gasteiger partial charge in [0.15, 0.2) is 0 Å². The minimum atomic E-state index is -0.670. The SMILES string of the molecule is CC[C@@H](C)Oc1ccc(NC(=O)C2(c3ccccc3)CCOCC2)cc1C(=O)OC. The largest absolute Gasteiger partial charge is 0.490 e. The minimum absolute atomic E-state index is 0.0440. The molecular weight excluding hydrogens is 382 g/mol. The van der Waals surface area contributed by atoms with Crippen LogP contribution in [0, 0.1) is 0 Å². The lowest BCUT2D eigenvalue weighted by Crippen LogP contribution is -2.44. The fourth-order valence-corrected chi connectivity index (χ4v) is 3.65. The van der Waals surface area contributed by atoms with Crippen molar-refractivity contribution in [1.82, 2.24) is 0 Å². The second kappa shape index (κ2) is 9.76. The maximum atomic E-state index is 13.4. The molecule has 0 aliphatic carbocycles. The third-order valence-electron chi connectivity index (χ3n) is 5.65. The Hall–Kier alpha value is -2.86. The quantitative estimate of drug-likeness (QED) is 0.686. The number of carbonyl (C=O) groups excluding carboxylic acids is 2. The molecule has 0 bridgehead atoms. The van der Waals surface area contributed by atoms with Gasteiger partial charge in [-0.3, -0.25) is 4.79 Å². The monoisotopic (exact) mass is 411 g/mol. The van der Waals surface area contributed by atoms with Crippen molar-refractivity contribution in [3.8, 4) is 5.75 Å². The Labute approximate surface area is 177 Å². The van der Waals surface area contributed by atoms with Crippen LogP contribution >= 0.6 is 0 Å². The molecule has 0 unspecified atom stereocenters. The van der Waals surface area contributed by atoms with Gasteiger partial charge in [0.05, 0.1) is 18.6 Å². The molecule has 6 heteroatoms. The minimum Gasteiger partial charge on any atom is -0.490 e. The van der Waals surface area contributed by atoms with Crippen molar-refractivity contribution in [3.05, 3.63) is 59.7 Å². The fourth-order valence-electron chi connectivity index (χ4n) is 3.65. The molecule has 30 heavy (non-hydrogen) atoms. The Kier molecular flexibility index (Phi) is 7.11. The Morgan fingerprint density at radius 1 is 1.13 bits per heavy atom. The van der Waals surface area contributed by atoms with Crippen LogP contribution < -0.4 is 10.1 Å². The molecule has 1 aliphatic heterocycles. The molecule has 0 aromatic heterocycles. The van der Waals surface area contributed by atoms with Crippen molar-refractivity contribution in [2.45, 2.75) is 44.6 Å². The van der Waals surface area contributed by atoms with Gasteiger partial charge in [0.1, 0.15) is 11.3 Å². The number of methoxy groups -OCH3 is 1. The van der Waals surface area contributed by atoms with Crippen molar-refractivity contribution in [2.24, 2.45) is 0 Å². The summed E-state index contributed by atoms with van der Waals surface area (Å²) in [4.78, 5) is 25.7. The standard InChI is InChI=1S/C24H29NO5/c1-4-17(2)30-21-11-10-19(16-20(21)22(26)28-3)25-23(27)24(12-14-29-15-13-24)18-8-6-5-7-9-18/h5-11,16-17H,4,12-15H2,1-3H3,(H,25,27)/t17-/m1/s1. The average Bonchev–Trinajstić information content (AvgIpc) is 2.80. The van der Waals surface area contributed by atoms with Gasteiger partial charge >= 0.3 is 5.97 Å². The maximum absolute atomic E-state index is 13.4. The first-order chi connectivity index (χ1) is 14.5. The Morgan fingerprint density at radius 2 is 1.83 bits per heavy atom. The molecule has 0 saturated carbocycles. The summed E-state index contributed by atoms with van der Waals surface area (Å²) in [7, 11) is 1.33. The number of benzene rings is 2. The molecule has 3 rings (SSSR count). The number of hydrogen-bond acceptors (Lipinski definition) is 5. The van der Waals surface area contributed by atoms with Crippen LogP contribution in [0.3, 0.4) is 0 Å². The van der Waals surface area contributed by atoms with Crippen LogP contribution in [0.5, 0.6) is 5.75 Å². The molecule has 1 amide bonds. The fraction of sp³-hybridized carbons (Fsp3) is 0.417. The molecule has 1 aliphatic rings. The van der Waals surface area contributed by atoms with Crippen molar-refractivity contribution >= 4 is 17.6 Å². The molecule has 0 spiro atoms. The first kappa shape index (κ1) is 21.8. The predicted octanol–water partition coefficient (Wildman–Crippen LogP) is 4.34. The Bertz CT molecular complexity index is 874. The number of carbonyl (C=O) groups is 2. The number of esters is 1. The summed E-state index contributed by atoms with van der Waals surface area (Å²) in [6, 6.07) is 14.8. The highest BCUT2D eigenvalue weighted by molar-refractivity contribution is 6.01. The highest BCUT2D eigenvalue weighted by Crippen LogP contribution is 2.36. The summed E-state index contributed by atoms with van der Waals surface area (Å²) < 4.78 is 16.3. The number of anilines is 1. The molecule has 1 fully saturated rings. The summed E-state index contributed by atoms with van der Waals surface area (Å²) in [5.41, 5.74) is 1.11. The zero-order valence-electron chi connectivity index (χ0n) is 17.8. The molecular formula is C24H29NO5. The smallest absolute Gasteiger partial charge is 0.341 e. The molecule has 1 heterocycles. The number of nitrogens with one attached hydrogen (secondary N) is 1. The van der Waals surface area contributed by atoms with Crippen LogP contribution in [-0.2, 0) is 19.7 Å². The first-order valence-electron chi connectivity index (χ1n) is 10.3. The number of ether oxygens (including phenoxy) is 3. The zero-order valence-corrected chi connectivity index (χ0v) is 17.8. The van der Waals surface area contributed by atoms with Gasteiger partial charge in [0, 0.05) is 18.9 Å². The predicted molar refractivity (Wildman–Crippen MR) is 115 cm³/mol. The molecule has 1 N–H and O–H groups in total. The van der Waals surface area contributed by atoms with E-state index in [1.165, 1.54) is 7.11 Å². The highest BCUT2D eigenvalue weighted by Gasteiger charge is 2.41. The molecule has 1 saturated heterocycles. The van der Waals surface area contributed by atoms with Crippen LogP contribution in [0.1, 0.15) is 49.0 Å². The average molecular weight is 411 g/mol. The summed E-state index contributed by atoms with van der Waals surface area (Å²) in [6.07, 6.45) is 1.96. The van der Waals surface area contributed by atoms with E-state index in [9.17, 15) is 9.59 Å². The lowest BCUT2D eigenvalue weighted by Gasteiger charge is -2.36. The van der Waals surface area contributed by atoms with E-state index in [4.69, 9.17) is 14.2 Å². The topological polar surface area (TPSA) is 73.9 Å². The van der Waals surface area contributed by atoms with E-state index >= 15 is 0 Å². The van der Waals surface area contributed by atoms with E-state index < -0.39 is 11.4 Å². The van der Waals surface area contributed by atoms with Crippen molar-refractivity contribution in [3.63, 3.8) is 0 Å². The van der Waals surface area contributed by atoms with E-state index in [1.54, 1.807) is 18.2 Å². The van der Waals surface area contributed by atoms with Crippen molar-refractivity contribution in [2.75, 3.05) is 25.6 Å². The molecule has 2 aromatic rings. The van der Waals surface area contributed by atoms with Gasteiger partial charge in [0.25, 0.3) is 0 Å². The van der Waals surface area contributed by atoms with Crippen LogP contribution in [0.2, 0.25) is 0 Å². The van der Waals surface area contributed by atoms with Gasteiger partial charge in [-0.2, -0.15) is 0 Å². The Balaban J connectivity index is 1.90. The van der Waals surface area contributed by atoms with E-state index in [0.29, 0.717) is 37.5 Å². The first-order valence-corrected chi connectivity index (χ1v) is 10.3. The molecule has 2 aromatic carbocycles.